The number of aromatic nitrogens is 2. The van der Waals surface area contributed by atoms with E-state index < -0.39 is 0 Å². The van der Waals surface area contributed by atoms with Gasteiger partial charge in [-0.25, -0.2) is 4.98 Å². The summed E-state index contributed by atoms with van der Waals surface area (Å²) in [5.74, 6) is -0.0737. The Kier molecular flexibility index (Phi) is 6.28. The maximum absolute atomic E-state index is 12.6. The van der Waals surface area contributed by atoms with E-state index in [1.165, 1.54) is 22.2 Å². The molecule has 4 aromatic rings. The van der Waals surface area contributed by atoms with Crippen LogP contribution in [0.2, 0.25) is 0 Å². The lowest BCUT2D eigenvalue weighted by Crippen LogP contribution is -2.22. The van der Waals surface area contributed by atoms with Gasteiger partial charge in [-0.1, -0.05) is 47.7 Å². The minimum Gasteiger partial charge on any atom is -0.345 e. The third-order valence-electron chi connectivity index (χ3n) is 4.95. The topological polar surface area (TPSA) is 67.2 Å². The Balaban J connectivity index is 1.53. The highest BCUT2D eigenvalue weighted by Crippen LogP contribution is 2.28. The molecule has 0 aliphatic carbocycles. The summed E-state index contributed by atoms with van der Waals surface area (Å²) < 4.78 is 2.07. The van der Waals surface area contributed by atoms with Crippen LogP contribution in [0.3, 0.4) is 0 Å². The van der Waals surface area contributed by atoms with Crippen LogP contribution in [0.25, 0.3) is 16.7 Å². The normalized spacial score (nSPS) is 10.8. The number of nitrogens with one attached hydrogen (secondary N) is 1. The minimum atomic E-state index is -0.160. The zero-order valence-corrected chi connectivity index (χ0v) is 19.0. The van der Waals surface area contributed by atoms with E-state index in [9.17, 15) is 9.59 Å². The fourth-order valence-corrected chi connectivity index (χ4v) is 4.19. The monoisotopic (exact) mass is 444 g/mol. The maximum atomic E-state index is 12.6. The average Bonchev–Trinajstić information content (AvgIpc) is 3.16. The van der Waals surface area contributed by atoms with Gasteiger partial charge >= 0.3 is 0 Å². The standard InChI is InChI=1S/C25H24N4O2S/c1-17-11-13-20(14-12-17)29-22-10-5-4-9-21(22)27-25(29)32-16-23(30)26-19-8-6-7-18(15-19)24(31)28(2)3/h4-15H,16H2,1-3H3,(H,26,30). The van der Waals surface area contributed by atoms with Crippen molar-refractivity contribution in [2.45, 2.75) is 12.1 Å². The minimum absolute atomic E-state index is 0.109. The number of thioether (sulfide) groups is 1. The van der Waals surface area contributed by atoms with Crippen molar-refractivity contribution < 1.29 is 9.59 Å². The number of hydrogen-bond acceptors (Lipinski definition) is 4. The molecular weight excluding hydrogens is 420 g/mol. The van der Waals surface area contributed by atoms with Crippen molar-refractivity contribution in [2.75, 3.05) is 25.2 Å². The van der Waals surface area contributed by atoms with Crippen molar-refractivity contribution in [2.24, 2.45) is 0 Å². The molecule has 6 nitrogen and oxygen atoms in total. The van der Waals surface area contributed by atoms with Crippen LogP contribution in [-0.2, 0) is 4.79 Å². The van der Waals surface area contributed by atoms with Gasteiger partial charge in [0.15, 0.2) is 5.16 Å². The molecule has 0 bridgehead atoms. The largest absolute Gasteiger partial charge is 0.345 e. The van der Waals surface area contributed by atoms with E-state index in [4.69, 9.17) is 4.98 Å². The molecule has 7 heteroatoms. The zero-order chi connectivity index (χ0) is 22.7. The molecule has 0 aliphatic heterocycles. The fraction of sp³-hybridized carbons (Fsp3) is 0.160. The number of benzene rings is 3. The third kappa shape index (κ3) is 4.68. The lowest BCUT2D eigenvalue weighted by Gasteiger charge is -2.12. The predicted molar refractivity (Wildman–Crippen MR) is 130 cm³/mol. The summed E-state index contributed by atoms with van der Waals surface area (Å²) in [6.07, 6.45) is 0. The smallest absolute Gasteiger partial charge is 0.253 e. The van der Waals surface area contributed by atoms with Crippen LogP contribution in [-0.4, -0.2) is 46.1 Å². The Labute approximate surface area is 191 Å². The summed E-state index contributed by atoms with van der Waals surface area (Å²) in [5, 5.41) is 3.63. The van der Waals surface area contributed by atoms with Gasteiger partial charge in [-0.05, 0) is 49.4 Å². The summed E-state index contributed by atoms with van der Waals surface area (Å²) in [4.78, 5) is 31.1. The van der Waals surface area contributed by atoms with Gasteiger partial charge in [0.2, 0.25) is 5.91 Å². The zero-order valence-electron chi connectivity index (χ0n) is 18.2. The number of imidazole rings is 1. The van der Waals surface area contributed by atoms with Gasteiger partial charge in [-0.2, -0.15) is 0 Å². The van der Waals surface area contributed by atoms with Crippen LogP contribution in [0.15, 0.2) is 78.0 Å². The van der Waals surface area contributed by atoms with E-state index >= 15 is 0 Å². The molecule has 2 amide bonds. The molecule has 1 heterocycles. The lowest BCUT2D eigenvalue weighted by atomic mass is 10.2. The van der Waals surface area contributed by atoms with Crippen LogP contribution in [0.1, 0.15) is 15.9 Å². The molecular formula is C25H24N4O2S. The Morgan fingerprint density at radius 3 is 2.50 bits per heavy atom. The van der Waals surface area contributed by atoms with Crippen molar-refractivity contribution in [3.05, 3.63) is 83.9 Å². The number of anilines is 1. The van der Waals surface area contributed by atoms with Crippen molar-refractivity contribution >= 4 is 40.3 Å². The highest BCUT2D eigenvalue weighted by Gasteiger charge is 2.15. The van der Waals surface area contributed by atoms with E-state index in [-0.39, 0.29) is 17.6 Å². The summed E-state index contributed by atoms with van der Waals surface area (Å²) >= 11 is 1.38. The number of hydrogen-bond donors (Lipinski definition) is 1. The number of amides is 2. The van der Waals surface area contributed by atoms with Crippen LogP contribution >= 0.6 is 11.8 Å². The number of nitrogens with zero attached hydrogens (tertiary/aromatic N) is 3. The Bertz CT molecular complexity index is 1280. The first kappa shape index (κ1) is 21.6. The van der Waals surface area contributed by atoms with E-state index in [2.05, 4.69) is 41.1 Å². The summed E-state index contributed by atoms with van der Waals surface area (Å²) in [7, 11) is 3.40. The predicted octanol–water partition coefficient (Wildman–Crippen LogP) is 4.77. The molecule has 162 valence electrons. The van der Waals surface area contributed by atoms with E-state index in [0.29, 0.717) is 11.3 Å². The molecule has 0 unspecified atom stereocenters. The first-order valence-corrected chi connectivity index (χ1v) is 11.2. The molecule has 0 saturated carbocycles. The van der Waals surface area contributed by atoms with Gasteiger partial charge in [-0.15, -0.1) is 0 Å². The summed E-state index contributed by atoms with van der Waals surface area (Å²) in [5.41, 5.74) is 5.18. The van der Waals surface area contributed by atoms with Crippen molar-refractivity contribution in [3.63, 3.8) is 0 Å². The number of fused-ring (bicyclic) bond motifs is 1. The first-order chi connectivity index (χ1) is 15.4. The van der Waals surface area contributed by atoms with Crippen molar-refractivity contribution in [1.29, 1.82) is 0 Å². The van der Waals surface area contributed by atoms with Crippen molar-refractivity contribution in [3.8, 4) is 5.69 Å². The quantitative estimate of drug-likeness (QED) is 0.435. The highest BCUT2D eigenvalue weighted by molar-refractivity contribution is 7.99. The molecule has 0 saturated heterocycles. The summed E-state index contributed by atoms with van der Waals surface area (Å²) in [6, 6.07) is 23.1. The second-order valence-corrected chi connectivity index (χ2v) is 8.61. The lowest BCUT2D eigenvalue weighted by molar-refractivity contribution is -0.113. The van der Waals surface area contributed by atoms with E-state index in [0.717, 1.165) is 21.9 Å². The van der Waals surface area contributed by atoms with E-state index in [1.54, 1.807) is 38.4 Å². The highest BCUT2D eigenvalue weighted by atomic mass is 32.2. The van der Waals surface area contributed by atoms with Gasteiger partial charge in [0.1, 0.15) is 0 Å². The number of carbonyl (C=O) groups excluding carboxylic acids is 2. The molecule has 4 rings (SSSR count). The molecule has 32 heavy (non-hydrogen) atoms. The average molecular weight is 445 g/mol. The van der Waals surface area contributed by atoms with Gasteiger partial charge in [-0.3, -0.25) is 14.2 Å². The second kappa shape index (κ2) is 9.28. The van der Waals surface area contributed by atoms with Crippen LogP contribution in [0.4, 0.5) is 5.69 Å². The number of carbonyl (C=O) groups is 2. The van der Waals surface area contributed by atoms with Gasteiger partial charge in [0.05, 0.1) is 16.8 Å². The number of aryl methyl sites for hydroxylation is 1. The Hall–Kier alpha value is -3.58. The summed E-state index contributed by atoms with van der Waals surface area (Å²) in [6.45, 7) is 2.05. The Morgan fingerprint density at radius 2 is 1.75 bits per heavy atom. The van der Waals surface area contributed by atoms with Gasteiger partial charge in [0, 0.05) is 31.0 Å². The van der Waals surface area contributed by atoms with Gasteiger partial charge < -0.3 is 10.2 Å². The molecule has 3 aromatic carbocycles. The molecule has 0 aliphatic rings. The fourth-order valence-electron chi connectivity index (χ4n) is 3.36. The molecule has 0 spiro atoms. The van der Waals surface area contributed by atoms with Crippen LogP contribution in [0.5, 0.6) is 0 Å². The maximum Gasteiger partial charge on any atom is 0.253 e. The molecule has 0 fully saturated rings. The van der Waals surface area contributed by atoms with Crippen LogP contribution < -0.4 is 5.32 Å². The van der Waals surface area contributed by atoms with E-state index in [1.807, 2.05) is 24.3 Å². The third-order valence-corrected chi connectivity index (χ3v) is 5.89. The Morgan fingerprint density at radius 1 is 1.00 bits per heavy atom. The second-order valence-electron chi connectivity index (χ2n) is 7.67. The molecule has 1 N–H and O–H groups in total. The van der Waals surface area contributed by atoms with Crippen LogP contribution in [0, 0.1) is 6.92 Å². The van der Waals surface area contributed by atoms with Crippen molar-refractivity contribution in [1.82, 2.24) is 14.5 Å². The molecule has 0 radical (unpaired) electrons. The SMILES string of the molecule is Cc1ccc(-n2c(SCC(=O)Nc3cccc(C(=O)N(C)C)c3)nc3ccccc32)cc1. The number of para-hydroxylation sites is 2. The molecule has 0 atom stereocenters. The first-order valence-electron chi connectivity index (χ1n) is 10.2. The molecule has 1 aromatic heterocycles. The van der Waals surface area contributed by atoms with Gasteiger partial charge in [0.25, 0.3) is 5.91 Å². The number of rotatable bonds is 6.